The van der Waals surface area contributed by atoms with Crippen molar-refractivity contribution in [3.63, 3.8) is 0 Å². The summed E-state index contributed by atoms with van der Waals surface area (Å²) in [5.41, 5.74) is 5.50. The van der Waals surface area contributed by atoms with E-state index in [4.69, 9.17) is 5.73 Å². The molecule has 0 unspecified atom stereocenters. The lowest BCUT2D eigenvalue weighted by atomic mass is 9.84. The van der Waals surface area contributed by atoms with Crippen molar-refractivity contribution in [1.82, 2.24) is 4.98 Å². The second-order valence-electron chi connectivity index (χ2n) is 5.99. The molecule has 0 bridgehead atoms. The number of hydrogen-bond acceptors (Lipinski definition) is 3. The average Bonchev–Trinajstić information content (AvgIpc) is 2.77. The Morgan fingerprint density at radius 1 is 1.19 bits per heavy atom. The molecule has 0 saturated carbocycles. The molecule has 6 heteroatoms. The van der Waals surface area contributed by atoms with E-state index < -0.39 is 11.7 Å². The van der Waals surface area contributed by atoms with Crippen molar-refractivity contribution < 1.29 is 13.2 Å². The van der Waals surface area contributed by atoms with Crippen LogP contribution in [0.2, 0.25) is 0 Å². The monoisotopic (exact) mass is 316 g/mol. The SMILES string of the molecule is CC(C)(CCN)CCc1nc2cc(C(F)(F)F)ccc2s1. The van der Waals surface area contributed by atoms with Gasteiger partial charge in [0.2, 0.25) is 0 Å². The van der Waals surface area contributed by atoms with Crippen molar-refractivity contribution in [2.75, 3.05) is 6.54 Å². The fourth-order valence-corrected chi connectivity index (χ4v) is 3.17. The quantitative estimate of drug-likeness (QED) is 0.874. The molecule has 0 fully saturated rings. The van der Waals surface area contributed by atoms with Gasteiger partial charge < -0.3 is 5.73 Å². The minimum Gasteiger partial charge on any atom is -0.330 e. The van der Waals surface area contributed by atoms with Crippen molar-refractivity contribution in [1.29, 1.82) is 0 Å². The van der Waals surface area contributed by atoms with Gasteiger partial charge in [0.1, 0.15) is 0 Å². The van der Waals surface area contributed by atoms with E-state index in [0.29, 0.717) is 12.1 Å². The molecule has 1 aromatic heterocycles. The number of benzene rings is 1. The molecule has 116 valence electrons. The molecule has 0 atom stereocenters. The van der Waals surface area contributed by atoms with Crippen LogP contribution in [0.15, 0.2) is 18.2 Å². The van der Waals surface area contributed by atoms with Gasteiger partial charge in [-0.2, -0.15) is 13.2 Å². The van der Waals surface area contributed by atoms with Crippen molar-refractivity contribution >= 4 is 21.6 Å². The van der Waals surface area contributed by atoms with Crippen LogP contribution >= 0.6 is 11.3 Å². The number of halogens is 3. The molecule has 0 radical (unpaired) electrons. The third-order valence-corrected chi connectivity index (χ3v) is 4.69. The van der Waals surface area contributed by atoms with E-state index in [0.717, 1.165) is 41.1 Å². The largest absolute Gasteiger partial charge is 0.416 e. The lowest BCUT2D eigenvalue weighted by Crippen LogP contribution is -2.17. The molecule has 1 aromatic carbocycles. The highest BCUT2D eigenvalue weighted by molar-refractivity contribution is 7.18. The Balaban J connectivity index is 2.16. The van der Waals surface area contributed by atoms with Crippen LogP contribution in [0.25, 0.3) is 10.2 Å². The topological polar surface area (TPSA) is 38.9 Å². The number of rotatable bonds is 5. The first-order valence-electron chi connectivity index (χ1n) is 6.88. The lowest BCUT2D eigenvalue weighted by Gasteiger charge is -2.22. The third-order valence-electron chi connectivity index (χ3n) is 3.60. The number of thiazole rings is 1. The van der Waals surface area contributed by atoms with Gasteiger partial charge in [-0.05, 0) is 49.4 Å². The van der Waals surface area contributed by atoms with Crippen LogP contribution in [0.3, 0.4) is 0 Å². The van der Waals surface area contributed by atoms with Gasteiger partial charge in [0.15, 0.2) is 0 Å². The number of nitrogens with two attached hydrogens (primary N) is 1. The first-order valence-corrected chi connectivity index (χ1v) is 7.70. The molecular weight excluding hydrogens is 297 g/mol. The van der Waals surface area contributed by atoms with Crippen molar-refractivity contribution in [2.24, 2.45) is 11.1 Å². The molecule has 0 spiro atoms. The lowest BCUT2D eigenvalue weighted by molar-refractivity contribution is -0.137. The zero-order valence-electron chi connectivity index (χ0n) is 12.1. The Hall–Kier alpha value is -1.14. The molecule has 0 amide bonds. The summed E-state index contributed by atoms with van der Waals surface area (Å²) in [5, 5.41) is 0.884. The minimum atomic E-state index is -4.32. The molecule has 2 N–H and O–H groups in total. The molecule has 1 heterocycles. The predicted octanol–water partition coefficient (Wildman–Crippen LogP) is 4.62. The number of fused-ring (bicyclic) bond motifs is 1. The zero-order valence-corrected chi connectivity index (χ0v) is 12.9. The number of alkyl halides is 3. The Bertz CT molecular complexity index is 617. The zero-order chi connectivity index (χ0) is 15.7. The number of aryl methyl sites for hydroxylation is 1. The fraction of sp³-hybridized carbons (Fsp3) is 0.533. The summed E-state index contributed by atoms with van der Waals surface area (Å²) in [6.07, 6.45) is -1.69. The number of hydrogen-bond donors (Lipinski definition) is 1. The smallest absolute Gasteiger partial charge is 0.330 e. The summed E-state index contributed by atoms with van der Waals surface area (Å²) in [4.78, 5) is 4.34. The van der Waals surface area contributed by atoms with Crippen molar-refractivity contribution in [3.8, 4) is 0 Å². The Morgan fingerprint density at radius 2 is 1.90 bits per heavy atom. The predicted molar refractivity (Wildman–Crippen MR) is 80.4 cm³/mol. The van der Waals surface area contributed by atoms with Gasteiger partial charge >= 0.3 is 6.18 Å². The summed E-state index contributed by atoms with van der Waals surface area (Å²) in [5.74, 6) is 0. The van der Waals surface area contributed by atoms with Gasteiger partial charge in [-0.1, -0.05) is 13.8 Å². The molecule has 21 heavy (non-hydrogen) atoms. The maximum atomic E-state index is 12.7. The number of aromatic nitrogens is 1. The molecule has 0 aliphatic heterocycles. The fourth-order valence-electron chi connectivity index (χ4n) is 2.22. The highest BCUT2D eigenvalue weighted by atomic mass is 32.1. The van der Waals surface area contributed by atoms with E-state index in [2.05, 4.69) is 18.8 Å². The summed E-state index contributed by atoms with van der Waals surface area (Å²) in [6.45, 7) is 4.94. The van der Waals surface area contributed by atoms with Crippen LogP contribution in [0, 0.1) is 5.41 Å². The molecule has 0 aliphatic carbocycles. The van der Waals surface area contributed by atoms with E-state index in [1.54, 1.807) is 0 Å². The third kappa shape index (κ3) is 4.17. The van der Waals surface area contributed by atoms with Crippen LogP contribution in [-0.4, -0.2) is 11.5 Å². The van der Waals surface area contributed by atoms with Gasteiger partial charge in [0.25, 0.3) is 0 Å². The summed E-state index contributed by atoms with van der Waals surface area (Å²) < 4.78 is 38.8. The Morgan fingerprint density at radius 3 is 2.52 bits per heavy atom. The maximum absolute atomic E-state index is 12.7. The van der Waals surface area contributed by atoms with Crippen LogP contribution in [0.4, 0.5) is 13.2 Å². The van der Waals surface area contributed by atoms with Gasteiger partial charge in [-0.15, -0.1) is 11.3 Å². The van der Waals surface area contributed by atoms with Gasteiger partial charge in [-0.25, -0.2) is 4.98 Å². The van der Waals surface area contributed by atoms with E-state index in [-0.39, 0.29) is 5.41 Å². The first kappa shape index (κ1) is 16.2. The van der Waals surface area contributed by atoms with E-state index in [9.17, 15) is 13.2 Å². The number of nitrogens with zero attached hydrogens (tertiary/aromatic N) is 1. The highest BCUT2D eigenvalue weighted by Gasteiger charge is 2.30. The molecule has 2 aromatic rings. The van der Waals surface area contributed by atoms with Gasteiger partial charge in [-0.3, -0.25) is 0 Å². The van der Waals surface area contributed by atoms with Crippen LogP contribution < -0.4 is 5.73 Å². The Labute approximate surface area is 126 Å². The molecule has 2 rings (SSSR count). The second kappa shape index (κ2) is 5.93. The second-order valence-corrected chi connectivity index (χ2v) is 7.11. The molecule has 0 saturated heterocycles. The van der Waals surface area contributed by atoms with Crippen LogP contribution in [0.5, 0.6) is 0 Å². The van der Waals surface area contributed by atoms with Crippen LogP contribution in [0.1, 0.15) is 37.3 Å². The average molecular weight is 316 g/mol. The summed E-state index contributed by atoms with van der Waals surface area (Å²) in [7, 11) is 0. The van der Waals surface area contributed by atoms with Gasteiger partial charge in [0.05, 0.1) is 20.8 Å². The molecular formula is C15H19F3N2S. The normalized spacial score (nSPS) is 13.0. The maximum Gasteiger partial charge on any atom is 0.416 e. The summed E-state index contributed by atoms with van der Waals surface area (Å²) >= 11 is 1.47. The van der Waals surface area contributed by atoms with Crippen molar-refractivity contribution in [2.45, 2.75) is 39.3 Å². The van der Waals surface area contributed by atoms with E-state index in [1.807, 2.05) is 0 Å². The Kier molecular flexibility index (Phi) is 4.58. The molecule has 0 aliphatic rings. The summed E-state index contributed by atoms with van der Waals surface area (Å²) in [6, 6.07) is 3.74. The van der Waals surface area contributed by atoms with E-state index >= 15 is 0 Å². The minimum absolute atomic E-state index is 0.129. The van der Waals surface area contributed by atoms with Gasteiger partial charge in [0, 0.05) is 0 Å². The first-order chi connectivity index (χ1) is 9.71. The molecule has 2 nitrogen and oxygen atoms in total. The standard InChI is InChI=1S/C15H19F3N2S/c1-14(2,7-8-19)6-5-13-20-11-9-10(15(16,17)18)3-4-12(11)21-13/h3-4,9H,5-8,19H2,1-2H3. The highest BCUT2D eigenvalue weighted by Crippen LogP contribution is 2.34. The van der Waals surface area contributed by atoms with Crippen LogP contribution in [-0.2, 0) is 12.6 Å². The van der Waals surface area contributed by atoms with E-state index in [1.165, 1.54) is 17.4 Å². The van der Waals surface area contributed by atoms with Crippen molar-refractivity contribution in [3.05, 3.63) is 28.8 Å².